The molecule has 2 aromatic rings. The number of anilines is 2. The molecule has 0 aliphatic rings. The SMILES string of the molecule is Cc1ccc(S(=O)(=O)N(C)C)cc1NC(=O)CNc1cccc(Cl)c1C. The average Bonchev–Trinajstić information content (AvgIpc) is 2.58. The van der Waals surface area contributed by atoms with Crippen LogP contribution in [-0.4, -0.2) is 39.3 Å². The van der Waals surface area contributed by atoms with Crippen molar-refractivity contribution in [3.8, 4) is 0 Å². The Morgan fingerprint density at radius 3 is 2.46 bits per heavy atom. The zero-order valence-corrected chi connectivity index (χ0v) is 16.7. The van der Waals surface area contributed by atoms with E-state index in [0.717, 1.165) is 21.1 Å². The Kier molecular flexibility index (Phi) is 6.28. The number of sulfonamides is 1. The fraction of sp³-hybridized carbons (Fsp3) is 0.278. The van der Waals surface area contributed by atoms with Gasteiger partial charge in [0.15, 0.2) is 0 Å². The van der Waals surface area contributed by atoms with Gasteiger partial charge in [0.2, 0.25) is 15.9 Å². The lowest BCUT2D eigenvalue weighted by Crippen LogP contribution is -2.24. The maximum Gasteiger partial charge on any atom is 0.243 e. The molecule has 0 aliphatic heterocycles. The van der Waals surface area contributed by atoms with Crippen LogP contribution in [0, 0.1) is 13.8 Å². The molecule has 2 aromatic carbocycles. The first-order chi connectivity index (χ1) is 12.1. The average molecular weight is 396 g/mol. The molecule has 0 unspecified atom stereocenters. The van der Waals surface area contributed by atoms with Gasteiger partial charge in [0.25, 0.3) is 0 Å². The van der Waals surface area contributed by atoms with Crippen molar-refractivity contribution in [1.82, 2.24) is 4.31 Å². The van der Waals surface area contributed by atoms with Gasteiger partial charge in [0.05, 0.1) is 11.4 Å². The molecular formula is C18H22ClN3O3S. The number of carbonyl (C=O) groups excluding carboxylic acids is 1. The topological polar surface area (TPSA) is 78.5 Å². The van der Waals surface area contributed by atoms with Gasteiger partial charge in [-0.1, -0.05) is 23.7 Å². The summed E-state index contributed by atoms with van der Waals surface area (Å²) in [5, 5.41) is 6.40. The van der Waals surface area contributed by atoms with Crippen molar-refractivity contribution in [2.45, 2.75) is 18.7 Å². The molecule has 0 aromatic heterocycles. The van der Waals surface area contributed by atoms with Crippen molar-refractivity contribution in [2.24, 2.45) is 0 Å². The fourth-order valence-electron chi connectivity index (χ4n) is 2.28. The van der Waals surface area contributed by atoms with E-state index in [0.29, 0.717) is 10.7 Å². The lowest BCUT2D eigenvalue weighted by molar-refractivity contribution is -0.114. The van der Waals surface area contributed by atoms with Crippen LogP contribution in [0.2, 0.25) is 5.02 Å². The standard InChI is InChI=1S/C18H22ClN3O3S/c1-12-8-9-14(26(24,25)22(3)4)10-17(12)21-18(23)11-20-16-7-5-6-15(19)13(16)2/h5-10,20H,11H2,1-4H3,(H,21,23). The number of hydrogen-bond acceptors (Lipinski definition) is 4. The number of benzene rings is 2. The minimum Gasteiger partial charge on any atom is -0.376 e. The van der Waals surface area contributed by atoms with Gasteiger partial charge in [-0.3, -0.25) is 4.79 Å². The Morgan fingerprint density at radius 2 is 1.81 bits per heavy atom. The van der Waals surface area contributed by atoms with Crippen molar-refractivity contribution in [1.29, 1.82) is 0 Å². The molecule has 0 fully saturated rings. The summed E-state index contributed by atoms with van der Waals surface area (Å²) in [4.78, 5) is 12.4. The first-order valence-corrected chi connectivity index (χ1v) is 9.76. The summed E-state index contributed by atoms with van der Waals surface area (Å²) in [7, 11) is -0.640. The highest BCUT2D eigenvalue weighted by Gasteiger charge is 2.18. The highest BCUT2D eigenvalue weighted by atomic mass is 35.5. The van der Waals surface area contributed by atoms with Gasteiger partial charge in [-0.25, -0.2) is 12.7 Å². The van der Waals surface area contributed by atoms with Crippen LogP contribution in [-0.2, 0) is 14.8 Å². The van der Waals surface area contributed by atoms with Crippen molar-refractivity contribution >= 4 is 38.9 Å². The number of carbonyl (C=O) groups is 1. The summed E-state index contributed by atoms with van der Waals surface area (Å²) in [5.74, 6) is -0.285. The van der Waals surface area contributed by atoms with Gasteiger partial charge >= 0.3 is 0 Å². The number of amides is 1. The van der Waals surface area contributed by atoms with Crippen LogP contribution in [0.15, 0.2) is 41.3 Å². The number of nitrogens with zero attached hydrogens (tertiary/aromatic N) is 1. The van der Waals surface area contributed by atoms with E-state index in [9.17, 15) is 13.2 Å². The second-order valence-electron chi connectivity index (χ2n) is 6.08. The summed E-state index contributed by atoms with van der Waals surface area (Å²) in [6.07, 6.45) is 0. The summed E-state index contributed by atoms with van der Waals surface area (Å²) in [6.45, 7) is 3.70. The lowest BCUT2D eigenvalue weighted by Gasteiger charge is -2.15. The Bertz CT molecular complexity index is 927. The van der Waals surface area contributed by atoms with Gasteiger partial charge in [-0.2, -0.15) is 0 Å². The van der Waals surface area contributed by atoms with Crippen LogP contribution in [0.3, 0.4) is 0 Å². The first-order valence-electron chi connectivity index (χ1n) is 7.95. The normalized spacial score (nSPS) is 11.5. The third-order valence-corrected chi connectivity index (χ3v) is 6.19. The molecule has 0 heterocycles. The quantitative estimate of drug-likeness (QED) is 0.786. The van der Waals surface area contributed by atoms with Gasteiger partial charge in [-0.15, -0.1) is 0 Å². The molecule has 0 atom stereocenters. The van der Waals surface area contributed by atoms with Crippen LogP contribution < -0.4 is 10.6 Å². The Balaban J connectivity index is 2.13. The Labute approximate surface area is 159 Å². The van der Waals surface area contributed by atoms with E-state index in [1.54, 1.807) is 25.1 Å². The molecule has 8 heteroatoms. The minimum absolute atomic E-state index is 0.0330. The third kappa shape index (κ3) is 4.55. The molecule has 26 heavy (non-hydrogen) atoms. The molecule has 0 saturated carbocycles. The van der Waals surface area contributed by atoms with Crippen LogP contribution in [0.25, 0.3) is 0 Å². The van der Waals surface area contributed by atoms with E-state index >= 15 is 0 Å². The molecule has 140 valence electrons. The monoisotopic (exact) mass is 395 g/mol. The third-order valence-electron chi connectivity index (χ3n) is 3.97. The second-order valence-corrected chi connectivity index (χ2v) is 8.64. The molecule has 2 N–H and O–H groups in total. The van der Waals surface area contributed by atoms with E-state index in [1.807, 2.05) is 13.0 Å². The van der Waals surface area contributed by atoms with Crippen LogP contribution in [0.1, 0.15) is 11.1 Å². The number of halogens is 1. The van der Waals surface area contributed by atoms with Gasteiger partial charge in [0.1, 0.15) is 0 Å². The predicted octanol–water partition coefficient (Wildman–Crippen LogP) is 3.26. The highest BCUT2D eigenvalue weighted by molar-refractivity contribution is 7.89. The fourth-order valence-corrected chi connectivity index (χ4v) is 3.38. The van der Waals surface area contributed by atoms with Gasteiger partial charge in [-0.05, 0) is 49.2 Å². The maximum absolute atomic E-state index is 12.3. The summed E-state index contributed by atoms with van der Waals surface area (Å²) in [5.41, 5.74) is 2.86. The molecule has 1 amide bonds. The zero-order chi connectivity index (χ0) is 19.5. The first kappa shape index (κ1) is 20.2. The van der Waals surface area contributed by atoms with Crippen molar-refractivity contribution in [3.63, 3.8) is 0 Å². The largest absolute Gasteiger partial charge is 0.376 e. The Hall–Kier alpha value is -2.09. The molecule has 2 rings (SSSR count). The van der Waals surface area contributed by atoms with Gasteiger partial charge < -0.3 is 10.6 Å². The number of rotatable bonds is 6. The lowest BCUT2D eigenvalue weighted by atomic mass is 10.2. The highest BCUT2D eigenvalue weighted by Crippen LogP contribution is 2.24. The molecule has 0 saturated heterocycles. The van der Waals surface area contributed by atoms with E-state index < -0.39 is 10.0 Å². The summed E-state index contributed by atoms with van der Waals surface area (Å²) >= 11 is 6.06. The smallest absolute Gasteiger partial charge is 0.243 e. The van der Waals surface area contributed by atoms with Crippen molar-refractivity contribution in [3.05, 3.63) is 52.5 Å². The predicted molar refractivity (Wildman–Crippen MR) is 105 cm³/mol. The molecule has 0 aliphatic carbocycles. The zero-order valence-electron chi connectivity index (χ0n) is 15.1. The second kappa shape index (κ2) is 8.07. The van der Waals surface area contributed by atoms with E-state index in [4.69, 9.17) is 11.6 Å². The summed E-state index contributed by atoms with van der Waals surface area (Å²) in [6, 6.07) is 10.1. The minimum atomic E-state index is -3.57. The summed E-state index contributed by atoms with van der Waals surface area (Å²) < 4.78 is 25.6. The van der Waals surface area contributed by atoms with Crippen molar-refractivity contribution < 1.29 is 13.2 Å². The van der Waals surface area contributed by atoms with E-state index in [-0.39, 0.29) is 17.3 Å². The molecular weight excluding hydrogens is 374 g/mol. The number of aryl methyl sites for hydroxylation is 1. The molecule has 0 bridgehead atoms. The van der Waals surface area contributed by atoms with Gasteiger partial charge in [0, 0.05) is 30.5 Å². The molecule has 6 nitrogen and oxygen atoms in total. The number of nitrogens with one attached hydrogen (secondary N) is 2. The van der Waals surface area contributed by atoms with Crippen LogP contribution in [0.5, 0.6) is 0 Å². The van der Waals surface area contributed by atoms with Crippen LogP contribution in [0.4, 0.5) is 11.4 Å². The van der Waals surface area contributed by atoms with E-state index in [2.05, 4.69) is 10.6 Å². The molecule has 0 spiro atoms. The van der Waals surface area contributed by atoms with Crippen molar-refractivity contribution in [2.75, 3.05) is 31.3 Å². The Morgan fingerprint density at radius 1 is 1.12 bits per heavy atom. The maximum atomic E-state index is 12.3. The van der Waals surface area contributed by atoms with Crippen LogP contribution >= 0.6 is 11.6 Å². The number of hydrogen-bond donors (Lipinski definition) is 2. The van der Waals surface area contributed by atoms with E-state index in [1.165, 1.54) is 26.2 Å². The molecule has 0 radical (unpaired) electrons.